The third-order valence-corrected chi connectivity index (χ3v) is 3.63. The summed E-state index contributed by atoms with van der Waals surface area (Å²) < 4.78 is 0. The highest BCUT2D eigenvalue weighted by molar-refractivity contribution is 5.80. The molecule has 3 aliphatic rings. The highest BCUT2D eigenvalue weighted by Gasteiger charge is 2.31. The van der Waals surface area contributed by atoms with Gasteiger partial charge in [0.05, 0.1) is 0 Å². The summed E-state index contributed by atoms with van der Waals surface area (Å²) in [7, 11) is 0. The number of nitrogens with one attached hydrogen (secondary N) is 1. The van der Waals surface area contributed by atoms with Gasteiger partial charge in [0.2, 0.25) is 5.91 Å². The Hall–Kier alpha value is -1.31. The molecule has 15 heavy (non-hydrogen) atoms. The molecule has 0 aromatic heterocycles. The van der Waals surface area contributed by atoms with Crippen molar-refractivity contribution in [3.05, 3.63) is 35.4 Å². The Morgan fingerprint density at radius 3 is 2.53 bits per heavy atom. The number of carbonyl (C=O) groups excluding carboxylic acids is 1. The maximum atomic E-state index is 11.7. The second-order valence-electron chi connectivity index (χ2n) is 4.66. The van der Waals surface area contributed by atoms with Gasteiger partial charge in [0, 0.05) is 12.0 Å². The van der Waals surface area contributed by atoms with Crippen molar-refractivity contribution in [2.75, 3.05) is 0 Å². The fourth-order valence-corrected chi connectivity index (χ4v) is 2.76. The van der Waals surface area contributed by atoms with Crippen LogP contribution in [-0.4, -0.2) is 11.9 Å². The zero-order valence-corrected chi connectivity index (χ0v) is 8.70. The summed E-state index contributed by atoms with van der Waals surface area (Å²) >= 11 is 0. The van der Waals surface area contributed by atoms with Crippen LogP contribution >= 0.6 is 0 Å². The van der Waals surface area contributed by atoms with Crippen LogP contribution in [0, 0.1) is 5.92 Å². The van der Waals surface area contributed by atoms with Crippen molar-refractivity contribution in [2.24, 2.45) is 5.92 Å². The molecule has 1 aromatic carbocycles. The molecule has 1 amide bonds. The van der Waals surface area contributed by atoms with Gasteiger partial charge in [-0.25, -0.2) is 0 Å². The predicted molar refractivity (Wildman–Crippen MR) is 58.5 cm³/mol. The summed E-state index contributed by atoms with van der Waals surface area (Å²) in [6.45, 7) is 0. The molecular weight excluding hydrogens is 186 g/mol. The number of fused-ring (bicyclic) bond motifs is 2. The summed E-state index contributed by atoms with van der Waals surface area (Å²) in [6, 6.07) is 8.91. The van der Waals surface area contributed by atoms with Crippen LogP contribution in [0.15, 0.2) is 24.3 Å². The van der Waals surface area contributed by atoms with E-state index in [1.54, 1.807) is 0 Å². The lowest BCUT2D eigenvalue weighted by Gasteiger charge is -2.33. The van der Waals surface area contributed by atoms with Gasteiger partial charge in [0.25, 0.3) is 0 Å². The van der Waals surface area contributed by atoms with Crippen molar-refractivity contribution in [1.82, 2.24) is 5.32 Å². The standard InChI is InChI=1S/C13H15NO/c15-13-11-5-6-12(14-13)8-10-4-2-1-3-9(10)7-11/h1-4,11-12H,5-8H2,(H,14,15). The third kappa shape index (κ3) is 1.54. The molecule has 1 fully saturated rings. The van der Waals surface area contributed by atoms with Gasteiger partial charge in [-0.2, -0.15) is 0 Å². The average Bonchev–Trinajstić information content (AvgIpc) is 2.20. The van der Waals surface area contributed by atoms with Gasteiger partial charge in [-0.1, -0.05) is 24.3 Å². The second kappa shape index (κ2) is 3.37. The van der Waals surface area contributed by atoms with Gasteiger partial charge < -0.3 is 5.32 Å². The van der Waals surface area contributed by atoms with Crippen LogP contribution < -0.4 is 5.32 Å². The lowest BCUT2D eigenvalue weighted by atomic mass is 9.81. The zero-order valence-electron chi connectivity index (χ0n) is 8.70. The number of amides is 1. The minimum atomic E-state index is 0.211. The summed E-state index contributed by atoms with van der Waals surface area (Å²) in [5, 5.41) is 3.12. The first-order valence-electron chi connectivity index (χ1n) is 5.70. The van der Waals surface area contributed by atoms with Crippen LogP contribution in [0.25, 0.3) is 0 Å². The third-order valence-electron chi connectivity index (χ3n) is 3.63. The van der Waals surface area contributed by atoms with E-state index in [1.165, 1.54) is 11.1 Å². The van der Waals surface area contributed by atoms with Crippen LogP contribution in [0.2, 0.25) is 0 Å². The van der Waals surface area contributed by atoms with Crippen LogP contribution in [-0.2, 0) is 17.6 Å². The molecule has 2 heteroatoms. The first kappa shape index (κ1) is 8.96. The molecule has 1 aromatic rings. The molecule has 2 aliphatic heterocycles. The summed E-state index contributed by atoms with van der Waals surface area (Å²) in [5.41, 5.74) is 2.80. The van der Waals surface area contributed by atoms with Gasteiger partial charge in [-0.05, 0) is 36.8 Å². The molecule has 4 rings (SSSR count). The number of piperidine rings is 1. The van der Waals surface area contributed by atoms with Crippen molar-refractivity contribution in [2.45, 2.75) is 31.7 Å². The topological polar surface area (TPSA) is 29.1 Å². The smallest absolute Gasteiger partial charge is 0.223 e. The Kier molecular flexibility index (Phi) is 2.01. The maximum absolute atomic E-state index is 11.7. The fraction of sp³-hybridized carbons (Fsp3) is 0.462. The number of carbonyl (C=O) groups is 1. The van der Waals surface area contributed by atoms with Crippen LogP contribution in [0.4, 0.5) is 0 Å². The molecule has 2 heterocycles. The van der Waals surface area contributed by atoms with Gasteiger partial charge in [0.1, 0.15) is 0 Å². The summed E-state index contributed by atoms with van der Waals surface area (Å²) in [5.74, 6) is 0.475. The molecule has 2 nitrogen and oxygen atoms in total. The van der Waals surface area contributed by atoms with Crippen LogP contribution in [0.1, 0.15) is 24.0 Å². The molecule has 2 unspecified atom stereocenters. The molecule has 1 saturated heterocycles. The van der Waals surface area contributed by atoms with E-state index >= 15 is 0 Å². The molecule has 2 bridgehead atoms. The lowest BCUT2D eigenvalue weighted by molar-refractivity contribution is -0.127. The van der Waals surface area contributed by atoms with Crippen LogP contribution in [0.3, 0.4) is 0 Å². The van der Waals surface area contributed by atoms with Crippen molar-refractivity contribution >= 4 is 5.91 Å². The van der Waals surface area contributed by atoms with Gasteiger partial charge in [-0.15, -0.1) is 0 Å². The molecule has 0 saturated carbocycles. The van der Waals surface area contributed by atoms with E-state index in [1.807, 2.05) is 0 Å². The second-order valence-corrected chi connectivity index (χ2v) is 4.66. The molecular formula is C13H15NO. The highest BCUT2D eigenvalue weighted by Crippen LogP contribution is 2.27. The van der Waals surface area contributed by atoms with E-state index in [2.05, 4.69) is 29.6 Å². The van der Waals surface area contributed by atoms with E-state index in [-0.39, 0.29) is 11.8 Å². The molecule has 1 aliphatic carbocycles. The van der Waals surface area contributed by atoms with Gasteiger partial charge >= 0.3 is 0 Å². The van der Waals surface area contributed by atoms with E-state index in [0.29, 0.717) is 6.04 Å². The average molecular weight is 201 g/mol. The van der Waals surface area contributed by atoms with Crippen molar-refractivity contribution in [1.29, 1.82) is 0 Å². The molecule has 1 N–H and O–H groups in total. The normalized spacial score (nSPS) is 28.9. The van der Waals surface area contributed by atoms with E-state index in [9.17, 15) is 4.79 Å². The Bertz CT molecular complexity index is 399. The number of benzene rings is 1. The first-order chi connectivity index (χ1) is 7.33. The van der Waals surface area contributed by atoms with Crippen molar-refractivity contribution in [3.63, 3.8) is 0 Å². The fourth-order valence-electron chi connectivity index (χ4n) is 2.76. The van der Waals surface area contributed by atoms with E-state index in [0.717, 1.165) is 25.7 Å². The minimum absolute atomic E-state index is 0.211. The summed E-state index contributed by atoms with van der Waals surface area (Å²) in [4.78, 5) is 11.7. The van der Waals surface area contributed by atoms with Gasteiger partial charge in [0.15, 0.2) is 0 Å². The monoisotopic (exact) mass is 201 g/mol. The Morgan fingerprint density at radius 1 is 1.07 bits per heavy atom. The Balaban J connectivity index is 2.02. The van der Waals surface area contributed by atoms with E-state index in [4.69, 9.17) is 0 Å². The predicted octanol–water partition coefficient (Wildman–Crippen LogP) is 1.68. The number of hydrogen-bond acceptors (Lipinski definition) is 1. The quantitative estimate of drug-likeness (QED) is 0.680. The molecule has 2 atom stereocenters. The largest absolute Gasteiger partial charge is 0.353 e. The Morgan fingerprint density at radius 2 is 1.80 bits per heavy atom. The molecule has 0 radical (unpaired) electrons. The van der Waals surface area contributed by atoms with Gasteiger partial charge in [-0.3, -0.25) is 4.79 Å². The Labute approximate surface area is 89.7 Å². The van der Waals surface area contributed by atoms with E-state index < -0.39 is 0 Å². The number of hydrogen-bond donors (Lipinski definition) is 1. The van der Waals surface area contributed by atoms with Crippen molar-refractivity contribution in [3.8, 4) is 0 Å². The highest BCUT2D eigenvalue weighted by atomic mass is 16.2. The lowest BCUT2D eigenvalue weighted by Crippen LogP contribution is -2.47. The maximum Gasteiger partial charge on any atom is 0.223 e. The number of rotatable bonds is 0. The van der Waals surface area contributed by atoms with Crippen molar-refractivity contribution < 1.29 is 4.79 Å². The van der Waals surface area contributed by atoms with Crippen LogP contribution in [0.5, 0.6) is 0 Å². The zero-order chi connectivity index (χ0) is 10.3. The molecule has 0 spiro atoms. The summed E-state index contributed by atoms with van der Waals surface area (Å²) in [6.07, 6.45) is 4.14. The first-order valence-corrected chi connectivity index (χ1v) is 5.70. The molecule has 78 valence electrons. The minimum Gasteiger partial charge on any atom is -0.353 e. The SMILES string of the molecule is O=C1NC2CCC1Cc1ccccc1C2.